The Balaban J connectivity index is 0.00000420. The Morgan fingerprint density at radius 1 is 1.00 bits per heavy atom. The number of likely N-dealkylation sites (N-methyl/N-ethyl adjacent to an activating group) is 1. The fourth-order valence-corrected chi connectivity index (χ4v) is 7.57. The number of halogens is 1. The van der Waals surface area contributed by atoms with Crippen LogP contribution in [0.5, 0.6) is 0 Å². The molecular formula is C25H33ClN4O6S3. The van der Waals surface area contributed by atoms with Crippen LogP contribution in [-0.2, 0) is 24.6 Å². The van der Waals surface area contributed by atoms with Crippen LogP contribution in [0.15, 0.2) is 52.3 Å². The zero-order valence-corrected chi connectivity index (χ0v) is 25.3. The second-order valence-electron chi connectivity index (χ2n) is 8.90. The number of amides is 1. The standard InChI is InChI=1S/C25H32N4O6S3.ClH/c1-4-27(5-2)13-14-29(25-26-23-21(36-25)7-6-8-22(23)37(3,31)32)24(30)19-9-11-20(12-10-19)38(33,34)28-15-17-35-18-16-28;/h6-12H,4-5,13-18H2,1-3H3;1H. The topological polar surface area (TPSA) is 117 Å². The van der Waals surface area contributed by atoms with Gasteiger partial charge in [-0.25, -0.2) is 21.8 Å². The number of nitrogens with zero attached hydrogens (tertiary/aromatic N) is 4. The second kappa shape index (κ2) is 13.0. The Bertz CT molecular complexity index is 1500. The number of carbonyl (C=O) groups excluding carboxylic acids is 1. The molecule has 1 amide bonds. The van der Waals surface area contributed by atoms with Crippen LogP contribution < -0.4 is 4.90 Å². The first-order valence-corrected chi connectivity index (χ1v) is 16.5. The van der Waals surface area contributed by atoms with Gasteiger partial charge in [0.25, 0.3) is 5.91 Å². The first-order chi connectivity index (χ1) is 18.1. The molecule has 214 valence electrons. The molecule has 0 N–H and O–H groups in total. The third-order valence-electron chi connectivity index (χ3n) is 6.49. The number of aromatic nitrogens is 1. The highest BCUT2D eigenvalue weighted by molar-refractivity contribution is 7.91. The minimum atomic E-state index is -3.69. The number of hydrogen-bond donors (Lipinski definition) is 0. The van der Waals surface area contributed by atoms with Gasteiger partial charge in [0.1, 0.15) is 5.52 Å². The lowest BCUT2D eigenvalue weighted by atomic mass is 10.2. The summed E-state index contributed by atoms with van der Waals surface area (Å²) in [4.78, 5) is 22.3. The predicted octanol–water partition coefficient (Wildman–Crippen LogP) is 3.13. The van der Waals surface area contributed by atoms with E-state index in [-0.39, 0.29) is 41.2 Å². The van der Waals surface area contributed by atoms with E-state index in [4.69, 9.17) is 4.74 Å². The number of sulfone groups is 1. The molecule has 1 aliphatic heterocycles. The van der Waals surface area contributed by atoms with E-state index in [0.29, 0.717) is 47.2 Å². The maximum Gasteiger partial charge on any atom is 0.260 e. The van der Waals surface area contributed by atoms with Crippen molar-refractivity contribution < 1.29 is 26.4 Å². The van der Waals surface area contributed by atoms with Crippen LogP contribution in [0.4, 0.5) is 5.13 Å². The lowest BCUT2D eigenvalue weighted by Crippen LogP contribution is -2.40. The largest absolute Gasteiger partial charge is 0.379 e. The molecule has 0 spiro atoms. The number of hydrogen-bond acceptors (Lipinski definition) is 9. The van der Waals surface area contributed by atoms with E-state index in [1.807, 2.05) is 13.8 Å². The summed E-state index contributed by atoms with van der Waals surface area (Å²) in [6.07, 6.45) is 1.14. The second-order valence-corrected chi connectivity index (χ2v) is 13.8. The van der Waals surface area contributed by atoms with E-state index in [0.717, 1.165) is 19.3 Å². The fraction of sp³-hybridized carbons (Fsp3) is 0.440. The highest BCUT2D eigenvalue weighted by atomic mass is 35.5. The summed E-state index contributed by atoms with van der Waals surface area (Å²) in [5.74, 6) is -0.340. The monoisotopic (exact) mass is 616 g/mol. The van der Waals surface area contributed by atoms with Gasteiger partial charge in [-0.15, -0.1) is 12.4 Å². The molecule has 0 atom stereocenters. The van der Waals surface area contributed by atoms with Crippen molar-refractivity contribution in [2.45, 2.75) is 23.6 Å². The molecule has 3 aromatic rings. The summed E-state index contributed by atoms with van der Waals surface area (Å²) >= 11 is 1.25. The molecular weight excluding hydrogens is 584 g/mol. The summed E-state index contributed by atoms with van der Waals surface area (Å²) in [7, 11) is -7.20. The minimum absolute atomic E-state index is 0. The molecule has 1 saturated heterocycles. The molecule has 1 fully saturated rings. The van der Waals surface area contributed by atoms with Gasteiger partial charge in [-0.05, 0) is 49.5 Å². The van der Waals surface area contributed by atoms with E-state index in [9.17, 15) is 21.6 Å². The predicted molar refractivity (Wildman–Crippen MR) is 155 cm³/mol. The summed E-state index contributed by atoms with van der Waals surface area (Å²) in [5, 5.41) is 0.387. The molecule has 1 aromatic heterocycles. The molecule has 4 rings (SSSR count). The van der Waals surface area contributed by atoms with Crippen molar-refractivity contribution in [2.75, 3.05) is 63.6 Å². The molecule has 0 aliphatic carbocycles. The van der Waals surface area contributed by atoms with Gasteiger partial charge in [0.2, 0.25) is 10.0 Å². The highest BCUT2D eigenvalue weighted by Gasteiger charge is 2.28. The fourth-order valence-electron chi connectivity index (χ4n) is 4.25. The maximum absolute atomic E-state index is 13.7. The van der Waals surface area contributed by atoms with Crippen molar-refractivity contribution in [1.29, 1.82) is 0 Å². The zero-order chi connectivity index (χ0) is 27.5. The van der Waals surface area contributed by atoms with Crippen LogP contribution in [0, 0.1) is 0 Å². The number of ether oxygens (including phenoxy) is 1. The smallest absolute Gasteiger partial charge is 0.260 e. The molecule has 2 aromatic carbocycles. The molecule has 0 saturated carbocycles. The molecule has 0 unspecified atom stereocenters. The van der Waals surface area contributed by atoms with Crippen LogP contribution in [0.1, 0.15) is 24.2 Å². The molecule has 10 nitrogen and oxygen atoms in total. The van der Waals surface area contributed by atoms with Gasteiger partial charge in [-0.2, -0.15) is 4.31 Å². The average Bonchev–Trinajstić information content (AvgIpc) is 3.35. The average molecular weight is 617 g/mol. The Hall–Kier alpha value is -2.13. The van der Waals surface area contributed by atoms with Crippen molar-refractivity contribution in [3.05, 3.63) is 48.0 Å². The Kier molecular flexibility index (Phi) is 10.5. The van der Waals surface area contributed by atoms with Gasteiger partial charge in [0.05, 0.1) is 27.7 Å². The lowest BCUT2D eigenvalue weighted by molar-refractivity contribution is 0.0730. The third-order valence-corrected chi connectivity index (χ3v) is 10.6. The van der Waals surface area contributed by atoms with Crippen LogP contribution in [0.3, 0.4) is 0 Å². The molecule has 0 bridgehead atoms. The Morgan fingerprint density at radius 3 is 2.23 bits per heavy atom. The molecule has 39 heavy (non-hydrogen) atoms. The quantitative estimate of drug-likeness (QED) is 0.341. The van der Waals surface area contributed by atoms with Crippen LogP contribution in [0.2, 0.25) is 0 Å². The zero-order valence-electron chi connectivity index (χ0n) is 22.1. The van der Waals surface area contributed by atoms with E-state index in [2.05, 4.69) is 9.88 Å². The van der Waals surface area contributed by atoms with Gasteiger partial charge in [0.15, 0.2) is 15.0 Å². The van der Waals surface area contributed by atoms with Crippen molar-refractivity contribution in [3.63, 3.8) is 0 Å². The summed E-state index contributed by atoms with van der Waals surface area (Å²) in [6.45, 7) is 7.90. The van der Waals surface area contributed by atoms with E-state index in [1.54, 1.807) is 17.0 Å². The first-order valence-electron chi connectivity index (χ1n) is 12.4. The normalized spacial score (nSPS) is 14.9. The van der Waals surface area contributed by atoms with E-state index < -0.39 is 19.9 Å². The molecule has 2 heterocycles. The number of rotatable bonds is 10. The molecule has 14 heteroatoms. The van der Waals surface area contributed by atoms with Gasteiger partial charge < -0.3 is 9.64 Å². The number of anilines is 1. The molecule has 0 radical (unpaired) electrons. The Morgan fingerprint density at radius 2 is 1.64 bits per heavy atom. The summed E-state index contributed by atoms with van der Waals surface area (Å²) < 4.78 is 57.9. The SMILES string of the molecule is CCN(CC)CCN(C(=O)c1ccc(S(=O)(=O)N2CCOCC2)cc1)c1nc2c(S(C)(=O)=O)cccc2s1.Cl. The van der Waals surface area contributed by atoms with Crippen LogP contribution in [0.25, 0.3) is 10.2 Å². The van der Waals surface area contributed by atoms with Crippen LogP contribution >= 0.6 is 23.7 Å². The van der Waals surface area contributed by atoms with Crippen molar-refractivity contribution in [2.24, 2.45) is 0 Å². The van der Waals surface area contributed by atoms with Gasteiger partial charge >= 0.3 is 0 Å². The van der Waals surface area contributed by atoms with Crippen molar-refractivity contribution >= 4 is 64.9 Å². The first kappa shape index (κ1) is 31.4. The van der Waals surface area contributed by atoms with E-state index in [1.165, 1.54) is 46.0 Å². The highest BCUT2D eigenvalue weighted by Crippen LogP contribution is 2.33. The Labute approximate surface area is 239 Å². The lowest BCUT2D eigenvalue weighted by Gasteiger charge is -2.26. The maximum atomic E-state index is 13.7. The van der Waals surface area contributed by atoms with E-state index >= 15 is 0 Å². The van der Waals surface area contributed by atoms with Crippen molar-refractivity contribution in [1.82, 2.24) is 14.2 Å². The number of morpholine rings is 1. The summed E-state index contributed by atoms with van der Waals surface area (Å²) in [5.41, 5.74) is 0.649. The van der Waals surface area contributed by atoms with Gasteiger partial charge in [-0.1, -0.05) is 31.3 Å². The third kappa shape index (κ3) is 6.96. The van der Waals surface area contributed by atoms with Gasteiger partial charge in [0, 0.05) is 38.0 Å². The molecule has 1 aliphatic rings. The number of para-hydroxylation sites is 1. The summed E-state index contributed by atoms with van der Waals surface area (Å²) in [6, 6.07) is 10.9. The number of sulfonamides is 1. The van der Waals surface area contributed by atoms with Crippen molar-refractivity contribution in [3.8, 4) is 0 Å². The number of fused-ring (bicyclic) bond motifs is 1. The number of thiazole rings is 1. The van der Waals surface area contributed by atoms with Gasteiger partial charge in [-0.3, -0.25) is 9.69 Å². The number of carbonyl (C=O) groups is 1. The minimum Gasteiger partial charge on any atom is -0.379 e. The number of benzene rings is 2. The van der Waals surface area contributed by atoms with Crippen LogP contribution in [-0.4, -0.2) is 95.7 Å².